The molecule has 0 atom stereocenters. The van der Waals surface area contributed by atoms with E-state index in [4.69, 9.17) is 5.53 Å². The van der Waals surface area contributed by atoms with Crippen LogP contribution < -0.4 is 0 Å². The highest BCUT2D eigenvalue weighted by Crippen LogP contribution is 1.88. The van der Waals surface area contributed by atoms with Crippen LogP contribution in [0.25, 0.3) is 5.53 Å². The second-order valence-electron chi connectivity index (χ2n) is 2.14. The molecule has 4 nitrogen and oxygen atoms in total. The molecule has 0 N–H and O–H groups in total. The molecule has 0 radical (unpaired) electrons. The van der Waals surface area contributed by atoms with Crippen LogP contribution in [0.5, 0.6) is 0 Å². The highest BCUT2D eigenvalue weighted by atomic mass is 16.5. The van der Waals surface area contributed by atoms with E-state index >= 15 is 0 Å². The van der Waals surface area contributed by atoms with Crippen LogP contribution in [0.4, 0.5) is 0 Å². The molecule has 0 rings (SSSR count). The van der Waals surface area contributed by atoms with Gasteiger partial charge in [0.25, 0.3) is 0 Å². The monoisotopic (exact) mass is 142 g/mol. The van der Waals surface area contributed by atoms with E-state index in [2.05, 4.69) is 9.53 Å². The zero-order valence-corrected chi connectivity index (χ0v) is 6.29. The van der Waals surface area contributed by atoms with Crippen molar-refractivity contribution in [3.63, 3.8) is 0 Å². The molecule has 0 saturated carbocycles. The third-order valence-corrected chi connectivity index (χ3v) is 0.788. The highest BCUT2D eigenvalue weighted by molar-refractivity contribution is 6.32. The van der Waals surface area contributed by atoms with E-state index < -0.39 is 5.97 Å². The number of esters is 1. The molecule has 0 aromatic carbocycles. The summed E-state index contributed by atoms with van der Waals surface area (Å²) >= 11 is 0. The molecule has 0 bridgehead atoms. The van der Waals surface area contributed by atoms with E-state index in [-0.39, 0.29) is 11.8 Å². The Morgan fingerprint density at radius 3 is 2.40 bits per heavy atom. The van der Waals surface area contributed by atoms with Gasteiger partial charge in [0.15, 0.2) is 0 Å². The molecule has 0 aliphatic carbocycles. The topological polar surface area (TPSA) is 62.7 Å². The third kappa shape index (κ3) is 2.99. The first kappa shape index (κ1) is 8.85. The number of hydrogen-bond donors (Lipinski definition) is 0. The number of nitrogens with zero attached hydrogens (tertiary/aromatic N) is 2. The largest absolute Gasteiger partial charge is 0.454 e. The van der Waals surface area contributed by atoms with Crippen molar-refractivity contribution in [3.8, 4) is 0 Å². The molecular weight excluding hydrogens is 132 g/mol. The highest BCUT2D eigenvalue weighted by Gasteiger charge is 2.15. The van der Waals surface area contributed by atoms with Gasteiger partial charge < -0.3 is 10.3 Å². The van der Waals surface area contributed by atoms with E-state index in [9.17, 15) is 4.79 Å². The molecule has 0 amide bonds. The zero-order valence-electron chi connectivity index (χ0n) is 6.29. The number of hydrogen-bond acceptors (Lipinski definition) is 2. The van der Waals surface area contributed by atoms with Crippen LogP contribution in [0.3, 0.4) is 0 Å². The Bertz CT molecular complexity index is 180. The van der Waals surface area contributed by atoms with Gasteiger partial charge in [-0.05, 0) is 13.8 Å². The van der Waals surface area contributed by atoms with Gasteiger partial charge in [0.2, 0.25) is 0 Å². The van der Waals surface area contributed by atoms with Crippen LogP contribution in [0.15, 0.2) is 0 Å². The second-order valence-corrected chi connectivity index (χ2v) is 2.14. The van der Waals surface area contributed by atoms with Gasteiger partial charge in [-0.25, -0.2) is 4.79 Å². The van der Waals surface area contributed by atoms with Crippen molar-refractivity contribution in [2.75, 3.05) is 0 Å². The Morgan fingerprint density at radius 2 is 2.10 bits per heavy atom. The van der Waals surface area contributed by atoms with Crippen molar-refractivity contribution >= 4 is 11.7 Å². The molecule has 56 valence electrons. The molecular formula is C6H10N2O2. The predicted molar refractivity (Wildman–Crippen MR) is 35.5 cm³/mol. The summed E-state index contributed by atoms with van der Waals surface area (Å²) in [7, 11) is 0. The average molecular weight is 142 g/mol. The minimum atomic E-state index is -0.586. The van der Waals surface area contributed by atoms with Crippen LogP contribution >= 0.6 is 0 Å². The van der Waals surface area contributed by atoms with Crippen LogP contribution in [0.1, 0.15) is 20.8 Å². The Kier molecular flexibility index (Phi) is 3.36. The van der Waals surface area contributed by atoms with Crippen molar-refractivity contribution in [1.82, 2.24) is 0 Å². The molecule has 0 aromatic heterocycles. The van der Waals surface area contributed by atoms with Crippen LogP contribution in [0.2, 0.25) is 0 Å². The van der Waals surface area contributed by atoms with Gasteiger partial charge in [-0.3, -0.25) is 0 Å². The molecule has 0 fully saturated rings. The molecule has 0 heterocycles. The minimum absolute atomic E-state index is 0.0336. The summed E-state index contributed by atoms with van der Waals surface area (Å²) < 4.78 is 4.67. The maximum atomic E-state index is 10.7. The summed E-state index contributed by atoms with van der Waals surface area (Å²) in [6.45, 7) is 4.83. The van der Waals surface area contributed by atoms with Gasteiger partial charge in [-0.15, -0.1) is 0 Å². The van der Waals surface area contributed by atoms with Gasteiger partial charge in [0.05, 0.1) is 6.10 Å². The Morgan fingerprint density at radius 1 is 1.60 bits per heavy atom. The smallest absolute Gasteiger partial charge is 0.416 e. The molecule has 0 spiro atoms. The summed E-state index contributed by atoms with van der Waals surface area (Å²) in [6, 6.07) is 0. The average Bonchev–Trinajstić information content (AvgIpc) is 1.85. The summed E-state index contributed by atoms with van der Waals surface area (Å²) in [5.74, 6) is -0.586. The lowest BCUT2D eigenvalue weighted by molar-refractivity contribution is -0.143. The standard InChI is InChI=1S/C6H10N2O2/c1-4(2)10-6(9)5(3)8-7/h4H,1-3H3. The van der Waals surface area contributed by atoms with Crippen LogP contribution in [0, 0.1) is 0 Å². The minimum Gasteiger partial charge on any atom is -0.454 e. The van der Waals surface area contributed by atoms with Crippen molar-refractivity contribution in [3.05, 3.63) is 5.53 Å². The summed E-state index contributed by atoms with van der Waals surface area (Å²) in [6.07, 6.45) is -0.177. The fourth-order valence-corrected chi connectivity index (χ4v) is 0.340. The molecule has 0 aromatic rings. The van der Waals surface area contributed by atoms with E-state index in [1.54, 1.807) is 13.8 Å². The number of carbonyl (C=O) groups excluding carboxylic acids is 1. The van der Waals surface area contributed by atoms with Crippen molar-refractivity contribution in [1.29, 1.82) is 0 Å². The Balaban J connectivity index is 3.99. The third-order valence-electron chi connectivity index (χ3n) is 0.788. The number of ether oxygens (including phenoxy) is 1. The summed E-state index contributed by atoms with van der Waals surface area (Å²) in [4.78, 5) is 13.4. The molecule has 10 heavy (non-hydrogen) atoms. The summed E-state index contributed by atoms with van der Waals surface area (Å²) in [5.41, 5.74) is 8.07. The quantitative estimate of drug-likeness (QED) is 0.245. The van der Waals surface area contributed by atoms with Crippen molar-refractivity contribution < 1.29 is 14.3 Å². The SMILES string of the molecule is CC(=[N+]=[N-])C(=O)OC(C)C. The van der Waals surface area contributed by atoms with Crippen molar-refractivity contribution in [2.45, 2.75) is 26.9 Å². The van der Waals surface area contributed by atoms with E-state index in [0.717, 1.165) is 0 Å². The zero-order chi connectivity index (χ0) is 8.15. The fraction of sp³-hybridized carbons (Fsp3) is 0.667. The van der Waals surface area contributed by atoms with Gasteiger partial charge in [0, 0.05) is 6.92 Å². The maximum Gasteiger partial charge on any atom is 0.416 e. The molecule has 4 heteroatoms. The Labute approximate surface area is 59.4 Å². The first-order valence-corrected chi connectivity index (χ1v) is 2.97. The van der Waals surface area contributed by atoms with E-state index in [1.807, 2.05) is 0 Å². The van der Waals surface area contributed by atoms with Crippen molar-refractivity contribution in [2.24, 2.45) is 0 Å². The normalized spacial score (nSPS) is 8.80. The van der Waals surface area contributed by atoms with E-state index in [0.29, 0.717) is 0 Å². The van der Waals surface area contributed by atoms with Crippen LogP contribution in [-0.2, 0) is 9.53 Å². The first-order valence-electron chi connectivity index (χ1n) is 2.97. The second kappa shape index (κ2) is 3.80. The summed E-state index contributed by atoms with van der Waals surface area (Å²) in [5, 5.41) is 0. The number of carbonyl (C=O) groups is 1. The lowest BCUT2D eigenvalue weighted by Gasteiger charge is -2.01. The van der Waals surface area contributed by atoms with Gasteiger partial charge in [-0.2, -0.15) is 4.79 Å². The molecule has 0 aliphatic heterocycles. The first-order chi connectivity index (χ1) is 4.57. The van der Waals surface area contributed by atoms with Gasteiger partial charge in [-0.1, -0.05) is 0 Å². The van der Waals surface area contributed by atoms with Gasteiger partial charge >= 0.3 is 11.7 Å². The lowest BCUT2D eigenvalue weighted by Crippen LogP contribution is -2.19. The Hall–Kier alpha value is -1.15. The van der Waals surface area contributed by atoms with Crippen LogP contribution in [-0.4, -0.2) is 22.6 Å². The fourth-order valence-electron chi connectivity index (χ4n) is 0.340. The van der Waals surface area contributed by atoms with Gasteiger partial charge in [0.1, 0.15) is 0 Å². The maximum absolute atomic E-state index is 10.7. The lowest BCUT2D eigenvalue weighted by atomic mass is 10.4. The molecule has 0 unspecified atom stereocenters. The molecule has 0 saturated heterocycles. The predicted octanol–water partition coefficient (Wildman–Crippen LogP) is 0.629. The number of rotatable bonds is 2. The van der Waals surface area contributed by atoms with E-state index in [1.165, 1.54) is 6.92 Å². The molecule has 0 aliphatic rings.